The minimum absolute atomic E-state index is 0.0611. The third-order valence-corrected chi connectivity index (χ3v) is 4.81. The average Bonchev–Trinajstić information content (AvgIpc) is 2.64. The summed E-state index contributed by atoms with van der Waals surface area (Å²) in [5.41, 5.74) is 4.61. The summed E-state index contributed by atoms with van der Waals surface area (Å²) in [5.74, 6) is 0. The van der Waals surface area contributed by atoms with Crippen LogP contribution in [0.4, 0.5) is 4.79 Å². The number of nitrogens with one attached hydrogen (secondary N) is 1. The lowest BCUT2D eigenvalue weighted by atomic mass is 10.0. The molecule has 0 heterocycles. The number of aliphatic hydroxyl groups excluding tert-OH is 1. The van der Waals surface area contributed by atoms with Crippen molar-refractivity contribution in [1.82, 2.24) is 15.1 Å². The molecule has 2 aromatic carbocycles. The Hall–Kier alpha value is -2.37. The molecule has 0 saturated carbocycles. The Morgan fingerprint density at radius 2 is 1.74 bits per heavy atom. The quantitative estimate of drug-likeness (QED) is 0.752. The van der Waals surface area contributed by atoms with Gasteiger partial charge in [-0.25, -0.2) is 4.79 Å². The second-order valence-corrected chi connectivity index (χ2v) is 7.15. The van der Waals surface area contributed by atoms with E-state index < -0.39 is 0 Å². The summed E-state index contributed by atoms with van der Waals surface area (Å²) in [6.07, 6.45) is 0. The highest BCUT2D eigenvalue weighted by atomic mass is 16.3. The molecule has 0 aliphatic heterocycles. The van der Waals surface area contributed by atoms with Crippen LogP contribution in [-0.2, 0) is 6.54 Å². The monoisotopic (exact) mass is 369 g/mol. The highest BCUT2D eigenvalue weighted by Crippen LogP contribution is 2.18. The maximum atomic E-state index is 12.7. The van der Waals surface area contributed by atoms with Crippen molar-refractivity contribution in [3.63, 3.8) is 0 Å². The van der Waals surface area contributed by atoms with Crippen LogP contribution in [0.1, 0.15) is 28.3 Å². The van der Waals surface area contributed by atoms with Crippen LogP contribution in [0.3, 0.4) is 0 Å². The number of nitrogens with zero attached hydrogens (tertiary/aromatic N) is 2. The predicted molar refractivity (Wildman–Crippen MR) is 110 cm³/mol. The summed E-state index contributed by atoms with van der Waals surface area (Å²) in [6.45, 7) is 5.32. The summed E-state index contributed by atoms with van der Waals surface area (Å²) in [5, 5.41) is 12.4. The lowest BCUT2D eigenvalue weighted by molar-refractivity contribution is 0.170. The number of hydrogen-bond acceptors (Lipinski definition) is 3. The Kier molecular flexibility index (Phi) is 7.82. The van der Waals surface area contributed by atoms with E-state index in [4.69, 9.17) is 0 Å². The molecule has 0 aromatic heterocycles. The Balaban J connectivity index is 2.04. The molecule has 0 unspecified atom stereocenters. The van der Waals surface area contributed by atoms with Crippen molar-refractivity contribution in [3.05, 3.63) is 70.8 Å². The van der Waals surface area contributed by atoms with E-state index >= 15 is 0 Å². The number of carbonyl (C=O) groups excluding carboxylic acids is 1. The predicted octanol–water partition coefficient (Wildman–Crippen LogP) is 3.11. The summed E-state index contributed by atoms with van der Waals surface area (Å²) in [7, 11) is 4.02. The molecule has 0 fully saturated rings. The molecule has 0 aliphatic rings. The van der Waals surface area contributed by atoms with Gasteiger partial charge in [0.05, 0.1) is 12.6 Å². The molecule has 5 nitrogen and oxygen atoms in total. The first-order valence-corrected chi connectivity index (χ1v) is 9.33. The van der Waals surface area contributed by atoms with Gasteiger partial charge in [-0.1, -0.05) is 54.1 Å². The fourth-order valence-corrected chi connectivity index (χ4v) is 3.05. The molecular formula is C22H31N3O2. The molecule has 2 aromatic rings. The lowest BCUT2D eigenvalue weighted by Crippen LogP contribution is -2.44. The van der Waals surface area contributed by atoms with Crippen LogP contribution in [0.2, 0.25) is 0 Å². The first-order chi connectivity index (χ1) is 12.9. The number of benzene rings is 2. The van der Waals surface area contributed by atoms with Crippen molar-refractivity contribution in [2.45, 2.75) is 26.4 Å². The average molecular weight is 370 g/mol. The van der Waals surface area contributed by atoms with Gasteiger partial charge in [-0.05, 0) is 44.6 Å². The molecule has 5 heteroatoms. The number of carbonyl (C=O) groups is 1. The van der Waals surface area contributed by atoms with Gasteiger partial charge in [-0.15, -0.1) is 0 Å². The third kappa shape index (κ3) is 6.08. The topological polar surface area (TPSA) is 55.8 Å². The van der Waals surface area contributed by atoms with Crippen LogP contribution in [0.5, 0.6) is 0 Å². The van der Waals surface area contributed by atoms with E-state index in [-0.39, 0.29) is 18.7 Å². The van der Waals surface area contributed by atoms with Gasteiger partial charge in [-0.3, -0.25) is 0 Å². The van der Waals surface area contributed by atoms with Crippen LogP contribution in [0.25, 0.3) is 0 Å². The second kappa shape index (κ2) is 10.1. The molecule has 2 N–H and O–H groups in total. The lowest BCUT2D eigenvalue weighted by Gasteiger charge is -2.28. The molecule has 0 aliphatic carbocycles. The van der Waals surface area contributed by atoms with Gasteiger partial charge in [0.25, 0.3) is 0 Å². The van der Waals surface area contributed by atoms with Gasteiger partial charge in [0.2, 0.25) is 0 Å². The zero-order valence-corrected chi connectivity index (χ0v) is 16.8. The van der Waals surface area contributed by atoms with Crippen molar-refractivity contribution >= 4 is 6.03 Å². The first kappa shape index (κ1) is 20.9. The van der Waals surface area contributed by atoms with Gasteiger partial charge in [-0.2, -0.15) is 0 Å². The van der Waals surface area contributed by atoms with E-state index in [9.17, 15) is 9.90 Å². The number of aliphatic hydroxyl groups is 1. The summed E-state index contributed by atoms with van der Waals surface area (Å²) in [4.78, 5) is 16.5. The molecule has 2 rings (SSSR count). The highest BCUT2D eigenvalue weighted by molar-refractivity contribution is 5.74. The third-order valence-electron chi connectivity index (χ3n) is 4.81. The van der Waals surface area contributed by atoms with Gasteiger partial charge in [0, 0.05) is 19.6 Å². The highest BCUT2D eigenvalue weighted by Gasteiger charge is 2.19. The Labute approximate surface area is 162 Å². The van der Waals surface area contributed by atoms with E-state index in [0.717, 1.165) is 11.1 Å². The van der Waals surface area contributed by atoms with Crippen LogP contribution in [-0.4, -0.2) is 54.7 Å². The summed E-state index contributed by atoms with van der Waals surface area (Å²) < 4.78 is 0. The smallest absolute Gasteiger partial charge is 0.317 e. The van der Waals surface area contributed by atoms with Gasteiger partial charge >= 0.3 is 6.03 Å². The van der Waals surface area contributed by atoms with E-state index in [1.807, 2.05) is 45.3 Å². The van der Waals surface area contributed by atoms with Gasteiger partial charge in [0.1, 0.15) is 0 Å². The Morgan fingerprint density at radius 3 is 2.33 bits per heavy atom. The van der Waals surface area contributed by atoms with Crippen molar-refractivity contribution in [2.24, 2.45) is 0 Å². The number of hydrogen-bond donors (Lipinski definition) is 2. The van der Waals surface area contributed by atoms with Gasteiger partial charge in [0.15, 0.2) is 0 Å². The minimum Gasteiger partial charge on any atom is -0.395 e. The molecule has 0 saturated heterocycles. The minimum atomic E-state index is -0.161. The van der Waals surface area contributed by atoms with Crippen LogP contribution in [0.15, 0.2) is 48.5 Å². The Bertz CT molecular complexity index is 729. The number of likely N-dealkylation sites (N-methyl/N-ethyl adjacent to an activating group) is 1. The molecule has 2 amide bonds. The Morgan fingerprint density at radius 1 is 1.07 bits per heavy atom. The maximum Gasteiger partial charge on any atom is 0.317 e. The molecule has 0 spiro atoms. The summed E-state index contributed by atoms with van der Waals surface area (Å²) in [6, 6.07) is 16.3. The number of urea groups is 1. The van der Waals surface area contributed by atoms with Crippen LogP contribution >= 0.6 is 0 Å². The van der Waals surface area contributed by atoms with Crippen molar-refractivity contribution < 1.29 is 9.90 Å². The standard InChI is InChI=1S/C22H31N3O2/c1-17-9-11-19(12-10-17)21(24(3)4)15-23-22(27)25(13-14-26)16-20-8-6-5-7-18(20)2/h5-12,21,26H,13-16H2,1-4H3,(H,23,27)/t21-/m1/s1. The van der Waals surface area contributed by atoms with Crippen LogP contribution in [0, 0.1) is 13.8 Å². The van der Waals surface area contributed by atoms with Crippen molar-refractivity contribution in [2.75, 3.05) is 33.8 Å². The fourth-order valence-electron chi connectivity index (χ4n) is 3.05. The maximum absolute atomic E-state index is 12.7. The molecule has 0 bridgehead atoms. The first-order valence-electron chi connectivity index (χ1n) is 9.33. The molecule has 1 atom stereocenters. The molecule has 0 radical (unpaired) electrons. The second-order valence-electron chi connectivity index (χ2n) is 7.15. The van der Waals surface area contributed by atoms with Crippen molar-refractivity contribution in [3.8, 4) is 0 Å². The molecular weight excluding hydrogens is 338 g/mol. The SMILES string of the molecule is Cc1ccc([C@@H](CNC(=O)N(CCO)Cc2ccccc2C)N(C)C)cc1. The number of aryl methyl sites for hydroxylation is 2. The zero-order chi connectivity index (χ0) is 19.8. The normalized spacial score (nSPS) is 12.1. The number of amides is 2. The van der Waals surface area contributed by atoms with E-state index in [0.29, 0.717) is 19.6 Å². The number of rotatable bonds is 8. The molecule has 146 valence electrons. The summed E-state index contributed by atoms with van der Waals surface area (Å²) >= 11 is 0. The molecule has 27 heavy (non-hydrogen) atoms. The van der Waals surface area contributed by atoms with Crippen LogP contribution < -0.4 is 5.32 Å². The largest absolute Gasteiger partial charge is 0.395 e. The van der Waals surface area contributed by atoms with Gasteiger partial charge < -0.3 is 20.2 Å². The fraction of sp³-hybridized carbons (Fsp3) is 0.409. The van der Waals surface area contributed by atoms with E-state index in [1.165, 1.54) is 11.1 Å². The van der Waals surface area contributed by atoms with Crippen molar-refractivity contribution in [1.29, 1.82) is 0 Å². The van der Waals surface area contributed by atoms with E-state index in [2.05, 4.69) is 41.4 Å². The van der Waals surface area contributed by atoms with E-state index in [1.54, 1.807) is 4.90 Å². The zero-order valence-electron chi connectivity index (χ0n) is 16.8.